The first-order chi connectivity index (χ1) is 9.25. The van der Waals surface area contributed by atoms with Crippen LogP contribution in [0.4, 0.5) is 0 Å². The van der Waals surface area contributed by atoms with Gasteiger partial charge in [-0.25, -0.2) is 0 Å². The Bertz CT molecular complexity index is 347. The number of hydrogen-bond acceptors (Lipinski definition) is 4. The van der Waals surface area contributed by atoms with Crippen molar-refractivity contribution < 1.29 is 14.3 Å². The smallest absolute Gasteiger partial charge is 0.303 e. The van der Waals surface area contributed by atoms with Crippen LogP contribution >= 0.6 is 0 Å². The average molecular weight is 284 g/mol. The Labute approximate surface area is 122 Å². The van der Waals surface area contributed by atoms with Crippen molar-refractivity contribution in [2.45, 2.75) is 47.1 Å². The summed E-state index contributed by atoms with van der Waals surface area (Å²) >= 11 is 0. The maximum Gasteiger partial charge on any atom is 0.303 e. The van der Waals surface area contributed by atoms with Crippen LogP contribution in [0.15, 0.2) is 0 Å². The molecule has 0 aromatic heterocycles. The number of esters is 1. The molecule has 0 bridgehead atoms. The summed E-state index contributed by atoms with van der Waals surface area (Å²) in [4.78, 5) is 27.2. The minimum absolute atomic E-state index is 0.0883. The minimum Gasteiger partial charge on any atom is -0.453 e. The topological polar surface area (TPSA) is 49.9 Å². The number of ether oxygens (including phenoxy) is 1. The van der Waals surface area contributed by atoms with Crippen molar-refractivity contribution in [3.63, 3.8) is 0 Å². The second-order valence-electron chi connectivity index (χ2n) is 6.37. The quantitative estimate of drug-likeness (QED) is 0.718. The lowest BCUT2D eigenvalue weighted by atomic mass is 9.89. The van der Waals surface area contributed by atoms with E-state index in [4.69, 9.17) is 4.74 Å². The molecule has 0 aliphatic carbocycles. The van der Waals surface area contributed by atoms with Crippen LogP contribution in [0.1, 0.15) is 41.0 Å². The first-order valence-corrected chi connectivity index (χ1v) is 7.43. The Balaban J connectivity index is 2.42. The molecule has 1 aliphatic heterocycles. The van der Waals surface area contributed by atoms with Crippen LogP contribution in [0.5, 0.6) is 0 Å². The summed E-state index contributed by atoms with van der Waals surface area (Å²) in [7, 11) is 0. The Kier molecular flexibility index (Phi) is 5.99. The molecule has 116 valence electrons. The van der Waals surface area contributed by atoms with E-state index in [1.807, 2.05) is 0 Å². The molecule has 5 heteroatoms. The molecule has 0 unspecified atom stereocenters. The highest BCUT2D eigenvalue weighted by molar-refractivity contribution is 5.83. The van der Waals surface area contributed by atoms with Crippen molar-refractivity contribution >= 4 is 11.9 Å². The van der Waals surface area contributed by atoms with Gasteiger partial charge in [0.05, 0.1) is 0 Å². The van der Waals surface area contributed by atoms with Crippen LogP contribution in [0.25, 0.3) is 0 Å². The normalized spacial score (nSPS) is 18.8. The third kappa shape index (κ3) is 5.12. The lowest BCUT2D eigenvalue weighted by Crippen LogP contribution is -2.53. The first-order valence-electron chi connectivity index (χ1n) is 7.43. The molecule has 0 aromatic carbocycles. The lowest BCUT2D eigenvalue weighted by Gasteiger charge is -2.39. The number of amides is 1. The molecule has 0 radical (unpaired) electrons. The Hall–Kier alpha value is -1.10. The fourth-order valence-corrected chi connectivity index (χ4v) is 2.40. The van der Waals surface area contributed by atoms with E-state index in [9.17, 15) is 9.59 Å². The molecule has 1 aliphatic rings. The molecule has 1 saturated heterocycles. The SMILES string of the molecule is CCC(C)(C)CN1CCN(C(=O)[C@@H](C)OC(C)=O)CC1. The van der Waals surface area contributed by atoms with Crippen molar-refractivity contribution in [2.24, 2.45) is 5.41 Å². The molecule has 20 heavy (non-hydrogen) atoms. The molecule has 1 amide bonds. The Morgan fingerprint density at radius 1 is 1.20 bits per heavy atom. The molecule has 0 saturated carbocycles. The summed E-state index contributed by atoms with van der Waals surface area (Å²) in [5.74, 6) is -0.496. The number of carbonyl (C=O) groups is 2. The maximum atomic E-state index is 12.1. The van der Waals surface area contributed by atoms with E-state index in [0.717, 1.165) is 26.1 Å². The monoisotopic (exact) mass is 284 g/mol. The summed E-state index contributed by atoms with van der Waals surface area (Å²) in [5.41, 5.74) is 0.317. The Morgan fingerprint density at radius 3 is 2.20 bits per heavy atom. The number of piperazine rings is 1. The molecular formula is C15H28N2O3. The first kappa shape index (κ1) is 17.0. The summed E-state index contributed by atoms with van der Waals surface area (Å²) in [6, 6.07) is 0. The van der Waals surface area contributed by atoms with Gasteiger partial charge in [-0.15, -0.1) is 0 Å². The van der Waals surface area contributed by atoms with Gasteiger partial charge in [0.1, 0.15) is 0 Å². The number of hydrogen-bond donors (Lipinski definition) is 0. The zero-order valence-electron chi connectivity index (χ0n) is 13.4. The summed E-state index contributed by atoms with van der Waals surface area (Å²) in [6.07, 6.45) is 0.474. The molecule has 1 rings (SSSR count). The molecule has 5 nitrogen and oxygen atoms in total. The zero-order chi connectivity index (χ0) is 15.3. The molecule has 1 heterocycles. The van der Waals surface area contributed by atoms with E-state index in [1.165, 1.54) is 6.92 Å². The van der Waals surface area contributed by atoms with E-state index >= 15 is 0 Å². The number of rotatable bonds is 5. The fourth-order valence-electron chi connectivity index (χ4n) is 2.40. The third-order valence-electron chi connectivity index (χ3n) is 3.98. The predicted molar refractivity (Wildman–Crippen MR) is 78.3 cm³/mol. The second kappa shape index (κ2) is 7.07. The maximum absolute atomic E-state index is 12.1. The van der Waals surface area contributed by atoms with Gasteiger partial charge in [-0.2, -0.15) is 0 Å². The van der Waals surface area contributed by atoms with Crippen LogP contribution in [-0.4, -0.2) is 60.5 Å². The van der Waals surface area contributed by atoms with Gasteiger partial charge in [-0.3, -0.25) is 14.5 Å². The van der Waals surface area contributed by atoms with Crippen LogP contribution in [0.3, 0.4) is 0 Å². The average Bonchev–Trinajstić information content (AvgIpc) is 2.37. The van der Waals surface area contributed by atoms with Crippen molar-refractivity contribution in [3.8, 4) is 0 Å². The van der Waals surface area contributed by atoms with E-state index in [2.05, 4.69) is 25.7 Å². The highest BCUT2D eigenvalue weighted by Gasteiger charge is 2.28. The van der Waals surface area contributed by atoms with Crippen molar-refractivity contribution in [3.05, 3.63) is 0 Å². The fraction of sp³-hybridized carbons (Fsp3) is 0.867. The van der Waals surface area contributed by atoms with E-state index in [0.29, 0.717) is 18.5 Å². The summed E-state index contributed by atoms with van der Waals surface area (Å²) in [5, 5.41) is 0. The predicted octanol–water partition coefficient (Wildman–Crippen LogP) is 1.52. The second-order valence-corrected chi connectivity index (χ2v) is 6.37. The summed E-state index contributed by atoms with van der Waals surface area (Å²) in [6.45, 7) is 14.0. The van der Waals surface area contributed by atoms with Crippen molar-refractivity contribution in [2.75, 3.05) is 32.7 Å². The minimum atomic E-state index is -0.675. The zero-order valence-corrected chi connectivity index (χ0v) is 13.4. The molecule has 0 N–H and O–H groups in total. The van der Waals surface area contributed by atoms with Gasteiger partial charge in [0.25, 0.3) is 5.91 Å². The van der Waals surface area contributed by atoms with Crippen molar-refractivity contribution in [1.82, 2.24) is 9.80 Å². The van der Waals surface area contributed by atoms with E-state index in [1.54, 1.807) is 11.8 Å². The molecule has 1 atom stereocenters. The van der Waals surface area contributed by atoms with Gasteiger partial charge in [0.15, 0.2) is 6.10 Å². The van der Waals surface area contributed by atoms with Crippen LogP contribution in [-0.2, 0) is 14.3 Å². The molecular weight excluding hydrogens is 256 g/mol. The van der Waals surface area contributed by atoms with Gasteiger partial charge in [0, 0.05) is 39.6 Å². The highest BCUT2D eigenvalue weighted by atomic mass is 16.5. The Morgan fingerprint density at radius 2 is 1.75 bits per heavy atom. The third-order valence-corrected chi connectivity index (χ3v) is 3.98. The lowest BCUT2D eigenvalue weighted by molar-refractivity contribution is -0.158. The summed E-state index contributed by atoms with van der Waals surface area (Å²) < 4.78 is 4.95. The van der Waals surface area contributed by atoms with Gasteiger partial charge >= 0.3 is 5.97 Å². The van der Waals surface area contributed by atoms with Gasteiger partial charge in [-0.1, -0.05) is 20.8 Å². The van der Waals surface area contributed by atoms with Gasteiger partial charge in [-0.05, 0) is 18.8 Å². The van der Waals surface area contributed by atoms with Crippen LogP contribution < -0.4 is 0 Å². The number of carbonyl (C=O) groups excluding carboxylic acids is 2. The molecule has 0 aromatic rings. The van der Waals surface area contributed by atoms with Crippen LogP contribution in [0.2, 0.25) is 0 Å². The van der Waals surface area contributed by atoms with Gasteiger partial charge < -0.3 is 9.64 Å². The van der Waals surface area contributed by atoms with Crippen molar-refractivity contribution in [1.29, 1.82) is 0 Å². The van der Waals surface area contributed by atoms with Gasteiger partial charge in [0.2, 0.25) is 0 Å². The van der Waals surface area contributed by atoms with E-state index in [-0.39, 0.29) is 5.91 Å². The standard InChI is InChI=1S/C15H28N2O3/c1-6-15(4,5)11-16-7-9-17(10-8-16)14(19)12(2)20-13(3)18/h12H,6-11H2,1-5H3/t12-/m1/s1. The van der Waals surface area contributed by atoms with Crippen LogP contribution in [0, 0.1) is 5.41 Å². The number of nitrogens with zero attached hydrogens (tertiary/aromatic N) is 2. The largest absolute Gasteiger partial charge is 0.453 e. The molecule has 1 fully saturated rings. The molecule has 0 spiro atoms. The highest BCUT2D eigenvalue weighted by Crippen LogP contribution is 2.22. The van der Waals surface area contributed by atoms with E-state index < -0.39 is 12.1 Å².